The minimum absolute atomic E-state index is 0.244. The van der Waals surface area contributed by atoms with Gasteiger partial charge in [-0.25, -0.2) is 14.2 Å². The highest BCUT2D eigenvalue weighted by Gasteiger charge is 2.24. The van der Waals surface area contributed by atoms with Crippen molar-refractivity contribution in [2.75, 3.05) is 67.3 Å². The van der Waals surface area contributed by atoms with E-state index in [9.17, 15) is 18.5 Å². The van der Waals surface area contributed by atoms with E-state index in [4.69, 9.17) is 14.2 Å². The highest BCUT2D eigenvalue weighted by molar-refractivity contribution is 7.92. The first kappa shape index (κ1) is 41.9. The van der Waals surface area contributed by atoms with Crippen LogP contribution in [0.25, 0.3) is 10.8 Å². The van der Waals surface area contributed by atoms with E-state index in [0.717, 1.165) is 16.3 Å². The molecule has 0 saturated carbocycles. The molecule has 1 aliphatic rings. The SMILES string of the molecule is COc1cc(Nc2cc(Oc3ccc(NC(=O)Nc4cc(C(C)(C)C)cc(N[S+](C)O)c4OC)c4ccccc34)ccn2)ccc1C(=O)NCCN1CCC(F)CC1. The maximum Gasteiger partial charge on any atom is 0.323 e. The van der Waals surface area contributed by atoms with Crippen molar-refractivity contribution in [3.8, 4) is 23.0 Å². The summed E-state index contributed by atoms with van der Waals surface area (Å²) < 4.78 is 44.2. The Bertz CT molecular complexity index is 2240. The molecule has 5 aromatic rings. The quantitative estimate of drug-likeness (QED) is 0.0598. The summed E-state index contributed by atoms with van der Waals surface area (Å²) in [5, 5.41) is 13.6. The number of anilines is 5. The standard InChI is InChI=1S/C43H50FN7O6S/c1-43(2,3)27-23-35(40(56-5)36(24-27)50-58(6)54)49-42(53)48-34-13-14-37(32-10-8-7-9-31(32)34)57-30-15-18-45-39(26-30)47-29-11-12-33(38(25-29)55-4)41(52)46-19-22-51-20-16-28(44)17-21-51/h7-15,18,23-26,28,50,54H,16-17,19-22H2,1-6H3,(H3-,45,46,47,48,49,52,53)/p+1. The van der Waals surface area contributed by atoms with Gasteiger partial charge in [0.2, 0.25) is 0 Å². The number of aromatic nitrogens is 1. The summed E-state index contributed by atoms with van der Waals surface area (Å²) in [6, 6.07) is 23.2. The molecule has 0 radical (unpaired) electrons. The van der Waals surface area contributed by atoms with E-state index < -0.39 is 23.6 Å². The summed E-state index contributed by atoms with van der Waals surface area (Å²) in [6.45, 7) is 8.70. The van der Waals surface area contributed by atoms with Crippen molar-refractivity contribution in [3.63, 3.8) is 0 Å². The van der Waals surface area contributed by atoms with Crippen LogP contribution < -0.4 is 40.2 Å². The van der Waals surface area contributed by atoms with E-state index >= 15 is 0 Å². The number of carbonyl (C=O) groups is 2. The van der Waals surface area contributed by atoms with Crippen molar-refractivity contribution in [2.24, 2.45) is 0 Å². The second kappa shape index (κ2) is 18.7. The smallest absolute Gasteiger partial charge is 0.323 e. The Balaban J connectivity index is 1.13. The fraction of sp³-hybridized carbons (Fsp3) is 0.326. The molecule has 4 aromatic carbocycles. The Morgan fingerprint density at radius 3 is 2.33 bits per heavy atom. The van der Waals surface area contributed by atoms with Crippen molar-refractivity contribution in [1.29, 1.82) is 0 Å². The predicted octanol–water partition coefficient (Wildman–Crippen LogP) is 8.94. The third kappa shape index (κ3) is 10.6. The van der Waals surface area contributed by atoms with Crippen LogP contribution in [0.5, 0.6) is 23.0 Å². The number of ether oxygens (including phenoxy) is 3. The van der Waals surface area contributed by atoms with E-state index in [-0.39, 0.29) is 11.3 Å². The lowest BCUT2D eigenvalue weighted by atomic mass is 9.86. The Labute approximate surface area is 341 Å². The van der Waals surface area contributed by atoms with E-state index in [1.807, 2.05) is 36.4 Å². The average molecular weight is 813 g/mol. The van der Waals surface area contributed by atoms with Gasteiger partial charge in [-0.05, 0) is 66.3 Å². The number of benzene rings is 4. The van der Waals surface area contributed by atoms with Crippen molar-refractivity contribution in [3.05, 3.63) is 96.2 Å². The lowest BCUT2D eigenvalue weighted by molar-refractivity contribution is 0.0937. The van der Waals surface area contributed by atoms with Crippen LogP contribution in [0.3, 0.4) is 0 Å². The second-order valence-corrected chi connectivity index (χ2v) is 16.1. The lowest BCUT2D eigenvalue weighted by Gasteiger charge is -2.28. The molecule has 1 aromatic heterocycles. The molecule has 1 saturated heterocycles. The van der Waals surface area contributed by atoms with E-state index in [2.05, 4.69) is 56.6 Å². The number of alkyl halides is 1. The molecule has 306 valence electrons. The molecule has 0 aliphatic carbocycles. The van der Waals surface area contributed by atoms with E-state index in [0.29, 0.717) is 96.1 Å². The molecule has 15 heteroatoms. The number of hydrogen-bond acceptors (Lipinski definition) is 10. The molecule has 1 fully saturated rings. The van der Waals surface area contributed by atoms with Crippen molar-refractivity contribution < 1.29 is 32.7 Å². The van der Waals surface area contributed by atoms with Gasteiger partial charge in [0.05, 0.1) is 31.2 Å². The van der Waals surface area contributed by atoms with Gasteiger partial charge in [0.1, 0.15) is 34.9 Å². The van der Waals surface area contributed by atoms with Gasteiger partial charge in [0.15, 0.2) is 12.0 Å². The number of urea groups is 1. The minimum atomic E-state index is -1.12. The highest BCUT2D eigenvalue weighted by Crippen LogP contribution is 2.40. The monoisotopic (exact) mass is 812 g/mol. The maximum absolute atomic E-state index is 13.5. The van der Waals surface area contributed by atoms with Gasteiger partial charge in [0, 0.05) is 61.0 Å². The van der Waals surface area contributed by atoms with Gasteiger partial charge >= 0.3 is 6.03 Å². The number of nitrogens with one attached hydrogen (secondary N) is 5. The van der Waals surface area contributed by atoms with Crippen LogP contribution in [-0.2, 0) is 16.8 Å². The van der Waals surface area contributed by atoms with Crippen LogP contribution in [-0.4, -0.2) is 79.2 Å². The zero-order valence-electron chi connectivity index (χ0n) is 33.6. The van der Waals surface area contributed by atoms with Gasteiger partial charge in [-0.3, -0.25) is 4.79 Å². The zero-order chi connectivity index (χ0) is 41.4. The fourth-order valence-electron chi connectivity index (χ4n) is 6.68. The molecule has 6 N–H and O–H groups in total. The lowest BCUT2D eigenvalue weighted by Crippen LogP contribution is -2.40. The molecule has 3 amide bonds. The van der Waals surface area contributed by atoms with Crippen LogP contribution in [0, 0.1) is 0 Å². The van der Waals surface area contributed by atoms with E-state index in [1.165, 1.54) is 14.2 Å². The molecule has 58 heavy (non-hydrogen) atoms. The molecule has 1 aliphatic heterocycles. The number of likely N-dealkylation sites (tertiary alicyclic amines) is 1. The molecule has 6 rings (SSSR count). The number of nitrogens with zero attached hydrogens (tertiary/aromatic N) is 2. The molecular weight excluding hydrogens is 762 g/mol. The maximum atomic E-state index is 13.5. The zero-order valence-corrected chi connectivity index (χ0v) is 34.4. The van der Waals surface area contributed by atoms with Gasteiger partial charge in [0.25, 0.3) is 17.3 Å². The number of fused-ring (bicyclic) bond motifs is 1. The number of methoxy groups -OCH3 is 2. The molecule has 13 nitrogen and oxygen atoms in total. The van der Waals surface area contributed by atoms with Crippen LogP contribution >= 0.6 is 0 Å². The van der Waals surface area contributed by atoms with Gasteiger partial charge < -0.3 is 40.4 Å². The van der Waals surface area contributed by atoms with Crippen molar-refractivity contribution in [1.82, 2.24) is 15.2 Å². The number of carbonyl (C=O) groups excluding carboxylic acids is 2. The van der Waals surface area contributed by atoms with Crippen LogP contribution in [0.15, 0.2) is 85.1 Å². The average Bonchev–Trinajstić information content (AvgIpc) is 3.19. The summed E-state index contributed by atoms with van der Waals surface area (Å²) in [5.74, 6) is 2.14. The number of pyridine rings is 1. The third-order valence-electron chi connectivity index (χ3n) is 9.71. The molecule has 2 heterocycles. The van der Waals surface area contributed by atoms with Crippen LogP contribution in [0.4, 0.5) is 37.8 Å². The van der Waals surface area contributed by atoms with Crippen molar-refractivity contribution in [2.45, 2.75) is 45.2 Å². The van der Waals surface area contributed by atoms with Crippen LogP contribution in [0.1, 0.15) is 49.5 Å². The summed E-state index contributed by atoms with van der Waals surface area (Å²) in [7, 11) is 3.03. The first-order chi connectivity index (χ1) is 27.8. The number of piperidine rings is 1. The molecule has 0 spiro atoms. The Morgan fingerprint density at radius 1 is 0.897 bits per heavy atom. The fourth-order valence-corrected chi connectivity index (χ4v) is 7.15. The van der Waals surface area contributed by atoms with Crippen LogP contribution in [0.2, 0.25) is 0 Å². The Kier molecular flexibility index (Phi) is 13.5. The number of hydrogen-bond donors (Lipinski definition) is 6. The minimum Gasteiger partial charge on any atom is -0.496 e. The topological polar surface area (TPSA) is 158 Å². The largest absolute Gasteiger partial charge is 0.496 e. The highest BCUT2D eigenvalue weighted by atomic mass is 32.2. The number of halogens is 1. The van der Waals surface area contributed by atoms with Crippen molar-refractivity contribution >= 4 is 62.6 Å². The first-order valence-corrected chi connectivity index (χ1v) is 20.6. The molecular formula is C43H51FN7O6S+. The molecule has 1 unspecified atom stereocenters. The predicted molar refractivity (Wildman–Crippen MR) is 231 cm³/mol. The van der Waals surface area contributed by atoms with E-state index in [1.54, 1.807) is 54.9 Å². The number of rotatable bonds is 14. The summed E-state index contributed by atoms with van der Waals surface area (Å²) in [6.07, 6.45) is 3.59. The normalized spacial score (nSPS) is 14.0. The number of amides is 3. The second-order valence-electron chi connectivity index (χ2n) is 15.0. The third-order valence-corrected chi connectivity index (χ3v) is 10.2. The summed E-state index contributed by atoms with van der Waals surface area (Å²) >= 11 is -1.12. The summed E-state index contributed by atoms with van der Waals surface area (Å²) in [4.78, 5) is 33.1. The van der Waals surface area contributed by atoms with Gasteiger partial charge in [-0.15, -0.1) is 0 Å². The summed E-state index contributed by atoms with van der Waals surface area (Å²) in [5.41, 5.74) is 3.34. The Hall–Kier alpha value is -5.77. The Morgan fingerprint density at radius 2 is 1.62 bits per heavy atom. The molecule has 1 atom stereocenters. The first-order valence-electron chi connectivity index (χ1n) is 19.0. The molecule has 0 bridgehead atoms. The van der Waals surface area contributed by atoms with Gasteiger partial charge in [-0.2, -0.15) is 9.27 Å². The van der Waals surface area contributed by atoms with Gasteiger partial charge in [-0.1, -0.05) is 45.0 Å².